The highest BCUT2D eigenvalue weighted by Crippen LogP contribution is 2.44. The second-order valence-electron chi connectivity index (χ2n) is 5.20. The number of nitrogens with two attached hydrogens (primary N) is 1. The van der Waals surface area contributed by atoms with E-state index in [4.69, 9.17) is 5.73 Å². The molecule has 2 aliphatic heterocycles. The minimum Gasteiger partial charge on any atom is -0.477 e. The molecule has 4 N–H and O–H groups in total. The average Bonchev–Trinajstić information content (AvgIpc) is 2.69. The summed E-state index contributed by atoms with van der Waals surface area (Å²) in [5.74, 6) is -0.306. The summed E-state index contributed by atoms with van der Waals surface area (Å²) in [5.41, 5.74) is 6.34. The molecule has 7 heteroatoms. The van der Waals surface area contributed by atoms with Crippen molar-refractivity contribution in [1.29, 1.82) is 0 Å². The molecule has 1 fully saturated rings. The van der Waals surface area contributed by atoms with E-state index < -0.39 is 18.0 Å². The lowest BCUT2D eigenvalue weighted by atomic mass is 9.83. The highest BCUT2D eigenvalue weighted by Gasteiger charge is 2.56. The van der Waals surface area contributed by atoms with Crippen LogP contribution in [0.1, 0.15) is 19.8 Å². The predicted octanol–water partition coefficient (Wildman–Crippen LogP) is 0.0186. The standard InChI is InChI=1S/C13H20N2O4S/c1-7(16)10-9-5-8(6-20-4-2-3-14)11(13(18)19)15(9)12(10)17/h7,9-10,16H,2-6,14H2,1H3,(H,18,19). The first-order chi connectivity index (χ1) is 9.49. The molecule has 0 saturated carbocycles. The fourth-order valence-corrected chi connectivity index (χ4v) is 3.89. The van der Waals surface area contributed by atoms with Crippen molar-refractivity contribution in [2.45, 2.75) is 31.9 Å². The van der Waals surface area contributed by atoms with E-state index in [1.165, 1.54) is 4.90 Å². The minimum atomic E-state index is -1.06. The van der Waals surface area contributed by atoms with E-state index in [1.54, 1.807) is 18.7 Å². The van der Waals surface area contributed by atoms with Crippen molar-refractivity contribution < 1.29 is 19.8 Å². The molecule has 2 rings (SSSR count). The number of aliphatic hydroxyl groups is 1. The Balaban J connectivity index is 2.07. The lowest BCUT2D eigenvalue weighted by molar-refractivity contribution is -0.161. The highest BCUT2D eigenvalue weighted by molar-refractivity contribution is 7.99. The lowest BCUT2D eigenvalue weighted by Gasteiger charge is -2.44. The number of aliphatic hydroxyl groups excluding tert-OH is 1. The van der Waals surface area contributed by atoms with Gasteiger partial charge in [-0.1, -0.05) is 0 Å². The van der Waals surface area contributed by atoms with Crippen LogP contribution in [0.25, 0.3) is 0 Å². The quantitative estimate of drug-likeness (QED) is 0.452. The van der Waals surface area contributed by atoms with E-state index in [1.807, 2.05) is 0 Å². The fourth-order valence-electron chi connectivity index (χ4n) is 2.87. The van der Waals surface area contributed by atoms with Crippen LogP contribution < -0.4 is 5.73 Å². The van der Waals surface area contributed by atoms with Crippen molar-refractivity contribution in [3.63, 3.8) is 0 Å². The number of carbonyl (C=O) groups is 2. The molecular formula is C13H20N2O4S. The maximum Gasteiger partial charge on any atom is 0.352 e. The van der Waals surface area contributed by atoms with Crippen molar-refractivity contribution in [2.24, 2.45) is 11.7 Å². The first kappa shape index (κ1) is 15.3. The monoisotopic (exact) mass is 300 g/mol. The van der Waals surface area contributed by atoms with Gasteiger partial charge in [-0.15, -0.1) is 0 Å². The average molecular weight is 300 g/mol. The Morgan fingerprint density at radius 3 is 2.85 bits per heavy atom. The van der Waals surface area contributed by atoms with Crippen LogP contribution in [0.2, 0.25) is 0 Å². The molecule has 0 aliphatic carbocycles. The Morgan fingerprint density at radius 2 is 2.30 bits per heavy atom. The van der Waals surface area contributed by atoms with Gasteiger partial charge in [0, 0.05) is 5.75 Å². The molecule has 0 aromatic carbocycles. The number of β-lactam (4-membered cyclic amide) rings is 1. The molecule has 20 heavy (non-hydrogen) atoms. The summed E-state index contributed by atoms with van der Waals surface area (Å²) in [6.45, 7) is 2.20. The van der Waals surface area contributed by atoms with Crippen LogP contribution in [0.15, 0.2) is 11.3 Å². The maximum atomic E-state index is 12.0. The van der Waals surface area contributed by atoms with Crippen molar-refractivity contribution in [1.82, 2.24) is 4.90 Å². The Labute approximate surface area is 122 Å². The van der Waals surface area contributed by atoms with Gasteiger partial charge in [-0.3, -0.25) is 4.79 Å². The second kappa shape index (κ2) is 6.15. The normalized spacial score (nSPS) is 26.6. The number of aliphatic carboxylic acids is 1. The topological polar surface area (TPSA) is 104 Å². The summed E-state index contributed by atoms with van der Waals surface area (Å²) in [6.07, 6.45) is 0.712. The predicted molar refractivity (Wildman–Crippen MR) is 76.1 cm³/mol. The van der Waals surface area contributed by atoms with Crippen LogP contribution in [0.5, 0.6) is 0 Å². The van der Waals surface area contributed by atoms with E-state index in [0.29, 0.717) is 18.7 Å². The largest absolute Gasteiger partial charge is 0.477 e. The van der Waals surface area contributed by atoms with Crippen LogP contribution in [-0.2, 0) is 9.59 Å². The van der Waals surface area contributed by atoms with Gasteiger partial charge in [-0.05, 0) is 37.6 Å². The smallest absolute Gasteiger partial charge is 0.352 e. The van der Waals surface area contributed by atoms with Crippen LogP contribution in [0, 0.1) is 5.92 Å². The van der Waals surface area contributed by atoms with Crippen LogP contribution in [-0.4, -0.2) is 57.2 Å². The van der Waals surface area contributed by atoms with Gasteiger partial charge >= 0.3 is 5.97 Å². The number of hydrogen-bond donors (Lipinski definition) is 3. The van der Waals surface area contributed by atoms with Crippen molar-refractivity contribution in [2.75, 3.05) is 18.1 Å². The Kier molecular flexibility index (Phi) is 4.72. The zero-order valence-electron chi connectivity index (χ0n) is 11.4. The van der Waals surface area contributed by atoms with Crippen LogP contribution >= 0.6 is 11.8 Å². The summed E-state index contributed by atoms with van der Waals surface area (Å²) in [6, 6.07) is -0.182. The van der Waals surface area contributed by atoms with E-state index in [-0.39, 0.29) is 17.6 Å². The van der Waals surface area contributed by atoms with E-state index >= 15 is 0 Å². The Hall–Kier alpha value is -1.05. The van der Waals surface area contributed by atoms with Crippen molar-refractivity contribution in [3.8, 4) is 0 Å². The SMILES string of the molecule is CC(O)C1C(=O)N2C(C(=O)O)=C(CSCCCN)CC12. The molecule has 0 radical (unpaired) electrons. The molecule has 6 nitrogen and oxygen atoms in total. The van der Waals surface area contributed by atoms with Gasteiger partial charge in [0.05, 0.1) is 18.1 Å². The lowest BCUT2D eigenvalue weighted by Crippen LogP contribution is -2.61. The second-order valence-corrected chi connectivity index (χ2v) is 6.30. The van der Waals surface area contributed by atoms with Gasteiger partial charge in [-0.25, -0.2) is 4.79 Å². The molecule has 3 atom stereocenters. The summed E-state index contributed by atoms with van der Waals surface area (Å²) in [5, 5.41) is 18.9. The molecule has 3 unspecified atom stereocenters. The molecule has 0 spiro atoms. The Morgan fingerprint density at radius 1 is 1.60 bits per heavy atom. The van der Waals surface area contributed by atoms with E-state index in [2.05, 4.69) is 0 Å². The number of carboxylic acid groups (broad SMARTS) is 1. The molecule has 0 bridgehead atoms. The molecule has 2 heterocycles. The Bertz CT molecular complexity index is 450. The molecular weight excluding hydrogens is 280 g/mol. The number of amides is 1. The zero-order valence-corrected chi connectivity index (χ0v) is 12.2. The number of hydrogen-bond acceptors (Lipinski definition) is 5. The molecule has 1 amide bonds. The van der Waals surface area contributed by atoms with Gasteiger partial charge in [0.2, 0.25) is 5.91 Å². The van der Waals surface area contributed by atoms with Gasteiger partial charge < -0.3 is 20.8 Å². The summed E-state index contributed by atoms with van der Waals surface area (Å²) in [4.78, 5) is 24.7. The third-order valence-corrected chi connectivity index (χ3v) is 4.92. The minimum absolute atomic E-state index is 0.122. The first-order valence-electron chi connectivity index (χ1n) is 6.73. The van der Waals surface area contributed by atoms with Crippen molar-refractivity contribution >= 4 is 23.6 Å². The van der Waals surface area contributed by atoms with Gasteiger partial charge in [0.15, 0.2) is 0 Å². The number of thioether (sulfide) groups is 1. The summed E-state index contributed by atoms with van der Waals surface area (Å²) < 4.78 is 0. The fraction of sp³-hybridized carbons (Fsp3) is 0.692. The molecule has 2 aliphatic rings. The summed E-state index contributed by atoms with van der Waals surface area (Å²) in [7, 11) is 0. The van der Waals surface area contributed by atoms with Gasteiger partial charge in [0.25, 0.3) is 0 Å². The number of fused-ring (bicyclic) bond motifs is 1. The number of nitrogens with zero attached hydrogens (tertiary/aromatic N) is 1. The van der Waals surface area contributed by atoms with E-state index in [0.717, 1.165) is 17.7 Å². The van der Waals surface area contributed by atoms with E-state index in [9.17, 15) is 19.8 Å². The zero-order chi connectivity index (χ0) is 14.9. The number of rotatable bonds is 7. The van der Waals surface area contributed by atoms with Gasteiger partial charge in [0.1, 0.15) is 5.70 Å². The summed E-state index contributed by atoms with van der Waals surface area (Å²) >= 11 is 1.64. The van der Waals surface area contributed by atoms with Gasteiger partial charge in [-0.2, -0.15) is 11.8 Å². The van der Waals surface area contributed by atoms with Crippen molar-refractivity contribution in [3.05, 3.63) is 11.3 Å². The first-order valence-corrected chi connectivity index (χ1v) is 7.88. The molecule has 1 saturated heterocycles. The van der Waals surface area contributed by atoms with Crippen LogP contribution in [0.4, 0.5) is 0 Å². The number of carboxylic acids is 1. The van der Waals surface area contributed by atoms with Crippen LogP contribution in [0.3, 0.4) is 0 Å². The molecule has 0 aromatic heterocycles. The number of carbonyl (C=O) groups excluding carboxylic acids is 1. The molecule has 0 aromatic rings. The third kappa shape index (κ3) is 2.57. The molecule has 112 valence electrons. The maximum absolute atomic E-state index is 12.0. The highest BCUT2D eigenvalue weighted by atomic mass is 32.2. The third-order valence-electron chi connectivity index (χ3n) is 3.79.